The van der Waals surface area contributed by atoms with Crippen LogP contribution in [0.25, 0.3) is 11.1 Å². The van der Waals surface area contributed by atoms with Crippen molar-refractivity contribution in [2.75, 3.05) is 12.3 Å². The van der Waals surface area contributed by atoms with Gasteiger partial charge in [-0.05, 0) is 72.9 Å². The number of nitrogens with zero attached hydrogens (tertiary/aromatic N) is 1. The van der Waals surface area contributed by atoms with Crippen molar-refractivity contribution in [2.24, 2.45) is 0 Å². The molecule has 0 saturated carbocycles. The minimum absolute atomic E-state index is 0.158. The van der Waals surface area contributed by atoms with E-state index < -0.39 is 6.10 Å². The highest BCUT2D eigenvalue weighted by molar-refractivity contribution is 5.94. The Morgan fingerprint density at radius 2 is 1.79 bits per heavy atom. The number of β-amino-alcohol motifs (C(OH)–C–C–N with tert-alkyl or cyclic N) is 1. The number of aliphatic hydroxyl groups is 1. The van der Waals surface area contributed by atoms with Crippen LogP contribution in [0.5, 0.6) is 5.75 Å². The van der Waals surface area contributed by atoms with Crippen LogP contribution in [-0.4, -0.2) is 33.2 Å². The number of phenols is 1. The molecule has 4 rings (SSSR count). The van der Waals surface area contributed by atoms with E-state index in [1.807, 2.05) is 48.5 Å². The maximum absolute atomic E-state index is 13.0. The van der Waals surface area contributed by atoms with E-state index >= 15 is 0 Å². The molecule has 7 nitrogen and oxygen atoms in total. The zero-order chi connectivity index (χ0) is 27.1. The fraction of sp³-hybridized carbons (Fsp3) is 0.226. The van der Waals surface area contributed by atoms with E-state index in [4.69, 9.17) is 5.73 Å². The van der Waals surface area contributed by atoms with Crippen LogP contribution in [-0.2, 0) is 13.0 Å². The first-order valence-electron chi connectivity index (χ1n) is 12.6. The van der Waals surface area contributed by atoms with Crippen LogP contribution in [0.15, 0.2) is 91.1 Å². The van der Waals surface area contributed by atoms with Gasteiger partial charge in [0.15, 0.2) is 0 Å². The third-order valence-electron chi connectivity index (χ3n) is 6.42. The fourth-order valence-corrected chi connectivity index (χ4v) is 4.41. The van der Waals surface area contributed by atoms with Crippen molar-refractivity contribution < 1.29 is 15.0 Å². The van der Waals surface area contributed by atoms with Crippen LogP contribution in [0.4, 0.5) is 5.82 Å². The van der Waals surface area contributed by atoms with E-state index in [9.17, 15) is 15.0 Å². The molecule has 1 aromatic heterocycles. The SMILES string of the molecule is CC(C)(Cc1cccc(C(=O)NCc2ccccc2-c2cccc(O)c2)c1)NC[C@H](O)c1ccc(N)nc1. The van der Waals surface area contributed by atoms with Gasteiger partial charge in [-0.1, -0.05) is 54.6 Å². The van der Waals surface area contributed by atoms with Gasteiger partial charge < -0.3 is 26.6 Å². The van der Waals surface area contributed by atoms with E-state index in [0.29, 0.717) is 36.5 Å². The van der Waals surface area contributed by atoms with E-state index in [1.54, 1.807) is 42.6 Å². The molecule has 0 aliphatic rings. The van der Waals surface area contributed by atoms with Crippen molar-refractivity contribution in [3.05, 3.63) is 113 Å². The van der Waals surface area contributed by atoms with Gasteiger partial charge in [0.2, 0.25) is 0 Å². The van der Waals surface area contributed by atoms with Crippen molar-refractivity contribution >= 4 is 11.7 Å². The lowest BCUT2D eigenvalue weighted by Gasteiger charge is -2.28. The molecular weight excluding hydrogens is 476 g/mol. The molecule has 7 heteroatoms. The Morgan fingerprint density at radius 1 is 1.00 bits per heavy atom. The third kappa shape index (κ3) is 7.18. The predicted octanol–water partition coefficient (Wildman–Crippen LogP) is 4.61. The molecule has 0 aliphatic carbocycles. The molecule has 0 saturated heterocycles. The summed E-state index contributed by atoms with van der Waals surface area (Å²) in [4.78, 5) is 17.1. The molecule has 1 amide bonds. The number of aromatic nitrogens is 1. The topological polar surface area (TPSA) is 120 Å². The Labute approximate surface area is 223 Å². The van der Waals surface area contributed by atoms with Crippen LogP contribution >= 0.6 is 0 Å². The molecule has 0 fully saturated rings. The number of rotatable bonds is 10. The summed E-state index contributed by atoms with van der Waals surface area (Å²) in [5, 5.41) is 26.8. The lowest BCUT2D eigenvalue weighted by molar-refractivity contribution is 0.0950. The number of benzene rings is 3. The third-order valence-corrected chi connectivity index (χ3v) is 6.42. The van der Waals surface area contributed by atoms with Crippen LogP contribution in [0, 0.1) is 0 Å². The van der Waals surface area contributed by atoms with Crippen molar-refractivity contribution in [2.45, 2.75) is 38.5 Å². The summed E-state index contributed by atoms with van der Waals surface area (Å²) in [6, 6.07) is 25.9. The Bertz CT molecular complexity index is 1390. The van der Waals surface area contributed by atoms with Crippen LogP contribution in [0.2, 0.25) is 0 Å². The normalized spacial score (nSPS) is 12.2. The number of pyridine rings is 1. The standard InChI is InChI=1S/C31H34N4O3/c1-31(2,35-20-28(37)25-13-14-29(32)33-19-25)17-21-7-5-10-23(15-21)30(38)34-18-24-8-3-4-12-27(24)22-9-6-11-26(36)16-22/h3-16,19,28,35-37H,17-18,20H2,1-2H3,(H2,32,33)(H,34,38)/t28-/m0/s1. The Morgan fingerprint density at radius 3 is 2.55 bits per heavy atom. The summed E-state index contributed by atoms with van der Waals surface area (Å²) >= 11 is 0. The maximum Gasteiger partial charge on any atom is 0.251 e. The highest BCUT2D eigenvalue weighted by atomic mass is 16.3. The minimum Gasteiger partial charge on any atom is -0.508 e. The summed E-state index contributed by atoms with van der Waals surface area (Å²) in [6.07, 6.45) is 1.54. The number of carbonyl (C=O) groups excluding carboxylic acids is 1. The second-order valence-electron chi connectivity index (χ2n) is 10.1. The molecule has 0 aliphatic heterocycles. The van der Waals surface area contributed by atoms with Gasteiger partial charge in [0.25, 0.3) is 5.91 Å². The summed E-state index contributed by atoms with van der Waals surface area (Å²) in [5.74, 6) is 0.459. The number of hydrogen-bond donors (Lipinski definition) is 5. The first-order chi connectivity index (χ1) is 18.2. The molecule has 6 N–H and O–H groups in total. The first-order valence-corrected chi connectivity index (χ1v) is 12.6. The van der Waals surface area contributed by atoms with Gasteiger partial charge in [-0.15, -0.1) is 0 Å². The van der Waals surface area contributed by atoms with Crippen molar-refractivity contribution in [3.63, 3.8) is 0 Å². The van der Waals surface area contributed by atoms with Gasteiger partial charge in [0.05, 0.1) is 6.10 Å². The monoisotopic (exact) mass is 510 g/mol. The van der Waals surface area contributed by atoms with E-state index in [2.05, 4.69) is 29.5 Å². The zero-order valence-corrected chi connectivity index (χ0v) is 21.7. The Hall–Kier alpha value is -4.20. The molecule has 38 heavy (non-hydrogen) atoms. The molecule has 0 radical (unpaired) electrons. The second-order valence-corrected chi connectivity index (χ2v) is 10.1. The number of anilines is 1. The summed E-state index contributed by atoms with van der Waals surface area (Å²) in [5.41, 5.74) is 10.4. The number of nitrogens with one attached hydrogen (secondary N) is 2. The number of amides is 1. The van der Waals surface area contributed by atoms with E-state index in [1.165, 1.54) is 0 Å². The highest BCUT2D eigenvalue weighted by Gasteiger charge is 2.21. The maximum atomic E-state index is 13.0. The summed E-state index contributed by atoms with van der Waals surface area (Å²) in [7, 11) is 0. The molecule has 4 aromatic rings. The van der Waals surface area contributed by atoms with Crippen LogP contribution in [0.1, 0.15) is 47.0 Å². The van der Waals surface area contributed by atoms with Gasteiger partial charge in [-0.25, -0.2) is 4.98 Å². The highest BCUT2D eigenvalue weighted by Crippen LogP contribution is 2.26. The minimum atomic E-state index is -0.706. The lowest BCUT2D eigenvalue weighted by Crippen LogP contribution is -2.43. The lowest BCUT2D eigenvalue weighted by atomic mass is 9.93. The van der Waals surface area contributed by atoms with Gasteiger partial charge in [-0.2, -0.15) is 0 Å². The molecule has 196 valence electrons. The quantitative estimate of drug-likeness (QED) is 0.212. The molecule has 1 heterocycles. The smallest absolute Gasteiger partial charge is 0.251 e. The summed E-state index contributed by atoms with van der Waals surface area (Å²) in [6.45, 7) is 4.84. The molecule has 1 atom stereocenters. The van der Waals surface area contributed by atoms with E-state index in [-0.39, 0.29) is 17.2 Å². The van der Waals surface area contributed by atoms with E-state index in [0.717, 1.165) is 22.3 Å². The number of phenolic OH excluding ortho intramolecular Hbond substituents is 1. The number of carbonyl (C=O) groups is 1. The number of aliphatic hydroxyl groups excluding tert-OH is 1. The van der Waals surface area contributed by atoms with Gasteiger partial charge in [0, 0.05) is 36.0 Å². The zero-order valence-electron chi connectivity index (χ0n) is 21.7. The van der Waals surface area contributed by atoms with Gasteiger partial charge in [0.1, 0.15) is 11.6 Å². The van der Waals surface area contributed by atoms with Crippen molar-refractivity contribution in [3.8, 4) is 16.9 Å². The molecule has 0 unspecified atom stereocenters. The van der Waals surface area contributed by atoms with Crippen LogP contribution in [0.3, 0.4) is 0 Å². The van der Waals surface area contributed by atoms with Crippen molar-refractivity contribution in [1.29, 1.82) is 0 Å². The number of aromatic hydroxyl groups is 1. The molecule has 0 spiro atoms. The average Bonchev–Trinajstić information content (AvgIpc) is 2.91. The average molecular weight is 511 g/mol. The largest absolute Gasteiger partial charge is 0.508 e. The predicted molar refractivity (Wildman–Crippen MR) is 151 cm³/mol. The van der Waals surface area contributed by atoms with Crippen molar-refractivity contribution in [1.82, 2.24) is 15.6 Å². The van der Waals surface area contributed by atoms with Gasteiger partial charge in [-0.3, -0.25) is 4.79 Å². The Balaban J connectivity index is 1.37. The molecular formula is C31H34N4O3. The molecule has 3 aromatic carbocycles. The number of hydrogen-bond acceptors (Lipinski definition) is 6. The first kappa shape index (κ1) is 26.9. The Kier molecular flexibility index (Phi) is 8.41. The number of nitrogen functional groups attached to an aromatic ring is 1. The second kappa shape index (κ2) is 11.9. The van der Waals surface area contributed by atoms with Crippen LogP contribution < -0.4 is 16.4 Å². The fourth-order valence-electron chi connectivity index (χ4n) is 4.41. The number of nitrogens with two attached hydrogens (primary N) is 1. The van der Waals surface area contributed by atoms with Gasteiger partial charge >= 0.3 is 0 Å². The summed E-state index contributed by atoms with van der Waals surface area (Å²) < 4.78 is 0. The molecule has 0 bridgehead atoms.